The van der Waals surface area contributed by atoms with Crippen LogP contribution in [0.2, 0.25) is 0 Å². The summed E-state index contributed by atoms with van der Waals surface area (Å²) >= 11 is 0. The van der Waals surface area contributed by atoms with E-state index in [2.05, 4.69) is 43.0 Å². The van der Waals surface area contributed by atoms with Gasteiger partial charge in [-0.3, -0.25) is 0 Å². The summed E-state index contributed by atoms with van der Waals surface area (Å²) < 4.78 is 0. The van der Waals surface area contributed by atoms with E-state index in [0.29, 0.717) is 6.17 Å². The molecule has 1 heterocycles. The largest absolute Gasteiger partial charge is 0.356 e. The van der Waals surface area contributed by atoms with Crippen LogP contribution < -0.4 is 0 Å². The second-order valence-electron chi connectivity index (χ2n) is 13.9. The molecule has 0 fully saturated rings. The van der Waals surface area contributed by atoms with Crippen molar-refractivity contribution in [2.75, 3.05) is 13.1 Å². The molecule has 2 nitrogen and oxygen atoms in total. The second kappa shape index (κ2) is 31.8. The summed E-state index contributed by atoms with van der Waals surface area (Å²) in [6.45, 7) is 9.47. The molecule has 0 saturated heterocycles. The van der Waals surface area contributed by atoms with Crippen molar-refractivity contribution in [3.8, 4) is 0 Å². The summed E-state index contributed by atoms with van der Waals surface area (Å²) in [6.07, 6.45) is 51.5. The summed E-state index contributed by atoms with van der Waals surface area (Å²) in [6, 6.07) is 0. The summed E-state index contributed by atoms with van der Waals surface area (Å²) in [5.74, 6) is 0. The summed E-state index contributed by atoms with van der Waals surface area (Å²) in [7, 11) is 0. The number of nitrogens with zero attached hydrogens (tertiary/aromatic N) is 2. The number of hydrogen-bond acceptors (Lipinski definition) is 2. The minimum atomic E-state index is 0.640. The van der Waals surface area contributed by atoms with E-state index in [0.717, 1.165) is 0 Å². The third-order valence-electron chi connectivity index (χ3n) is 9.82. The third-order valence-corrected chi connectivity index (χ3v) is 9.82. The Morgan fingerprint density at radius 2 is 0.548 bits per heavy atom. The molecule has 0 aromatic rings. The van der Waals surface area contributed by atoms with Gasteiger partial charge in [-0.05, 0) is 25.7 Å². The molecule has 0 N–H and O–H groups in total. The fourth-order valence-corrected chi connectivity index (χ4v) is 6.89. The lowest BCUT2D eigenvalue weighted by Gasteiger charge is -2.33. The van der Waals surface area contributed by atoms with Crippen LogP contribution in [-0.2, 0) is 0 Å². The van der Waals surface area contributed by atoms with Gasteiger partial charge in [0, 0.05) is 25.5 Å². The number of unbranched alkanes of at least 4 members (excludes halogenated alkanes) is 28. The lowest BCUT2D eigenvalue weighted by molar-refractivity contribution is 0.135. The molecule has 0 radical (unpaired) electrons. The van der Waals surface area contributed by atoms with Gasteiger partial charge in [0.25, 0.3) is 0 Å². The Morgan fingerprint density at radius 3 is 0.881 bits per heavy atom. The van der Waals surface area contributed by atoms with Crippen molar-refractivity contribution in [3.05, 3.63) is 12.4 Å². The molecular formula is C40H80N2. The van der Waals surface area contributed by atoms with E-state index in [4.69, 9.17) is 0 Å². The maximum atomic E-state index is 2.70. The monoisotopic (exact) mass is 589 g/mol. The highest BCUT2D eigenvalue weighted by atomic mass is 15.4. The van der Waals surface area contributed by atoms with Crippen LogP contribution >= 0.6 is 0 Å². The van der Waals surface area contributed by atoms with Gasteiger partial charge in [0.05, 0.1) is 0 Å². The molecular weight excluding hydrogens is 508 g/mol. The highest BCUT2D eigenvalue weighted by molar-refractivity contribution is 4.97. The molecule has 42 heavy (non-hydrogen) atoms. The Morgan fingerprint density at radius 1 is 0.310 bits per heavy atom. The van der Waals surface area contributed by atoms with Gasteiger partial charge < -0.3 is 9.80 Å². The Kier molecular flexibility index (Phi) is 29.8. The molecule has 0 bridgehead atoms. The van der Waals surface area contributed by atoms with Crippen LogP contribution in [0.1, 0.15) is 226 Å². The zero-order valence-corrected chi connectivity index (χ0v) is 29.7. The molecule has 2 heteroatoms. The first kappa shape index (κ1) is 39.4. The SMILES string of the molecule is CCCCCCCCCCCCCCCCCCCC1N(CCCCC)C=CN1CCCCCCCCCCCCC. The number of hydrogen-bond donors (Lipinski definition) is 0. The Bertz CT molecular complexity index is 544. The van der Waals surface area contributed by atoms with Gasteiger partial charge >= 0.3 is 0 Å². The van der Waals surface area contributed by atoms with E-state index in [1.54, 1.807) is 0 Å². The molecule has 1 aliphatic heterocycles. The van der Waals surface area contributed by atoms with Crippen molar-refractivity contribution in [3.63, 3.8) is 0 Å². The normalized spacial score (nSPS) is 15.0. The van der Waals surface area contributed by atoms with Crippen LogP contribution in [0.3, 0.4) is 0 Å². The molecule has 1 unspecified atom stereocenters. The fourth-order valence-electron chi connectivity index (χ4n) is 6.89. The summed E-state index contributed by atoms with van der Waals surface area (Å²) in [5, 5.41) is 0. The van der Waals surface area contributed by atoms with Gasteiger partial charge in [-0.1, -0.05) is 201 Å². The highest BCUT2D eigenvalue weighted by Crippen LogP contribution is 2.24. The van der Waals surface area contributed by atoms with Gasteiger partial charge in [0.15, 0.2) is 0 Å². The van der Waals surface area contributed by atoms with Crippen molar-refractivity contribution in [1.82, 2.24) is 9.80 Å². The van der Waals surface area contributed by atoms with Crippen LogP contribution in [0, 0.1) is 0 Å². The average Bonchev–Trinajstić information content (AvgIpc) is 3.38. The fraction of sp³-hybridized carbons (Fsp3) is 0.950. The van der Waals surface area contributed by atoms with Crippen molar-refractivity contribution >= 4 is 0 Å². The predicted molar refractivity (Wildman–Crippen MR) is 191 cm³/mol. The van der Waals surface area contributed by atoms with Crippen molar-refractivity contribution < 1.29 is 0 Å². The van der Waals surface area contributed by atoms with E-state index in [-0.39, 0.29) is 0 Å². The highest BCUT2D eigenvalue weighted by Gasteiger charge is 2.24. The van der Waals surface area contributed by atoms with Crippen LogP contribution in [0.5, 0.6) is 0 Å². The average molecular weight is 589 g/mol. The molecule has 0 aliphatic carbocycles. The lowest BCUT2D eigenvalue weighted by atomic mass is 10.0. The van der Waals surface area contributed by atoms with Gasteiger partial charge in [-0.2, -0.15) is 0 Å². The van der Waals surface area contributed by atoms with Crippen molar-refractivity contribution in [2.45, 2.75) is 232 Å². The minimum Gasteiger partial charge on any atom is -0.356 e. The smallest absolute Gasteiger partial charge is 0.101 e. The van der Waals surface area contributed by atoms with Crippen molar-refractivity contribution in [1.29, 1.82) is 0 Å². The van der Waals surface area contributed by atoms with E-state index >= 15 is 0 Å². The van der Waals surface area contributed by atoms with E-state index in [9.17, 15) is 0 Å². The van der Waals surface area contributed by atoms with Crippen LogP contribution in [0.4, 0.5) is 0 Å². The molecule has 1 aliphatic rings. The lowest BCUT2D eigenvalue weighted by Crippen LogP contribution is -2.39. The first-order chi connectivity index (χ1) is 20.8. The maximum absolute atomic E-state index is 2.70. The first-order valence-electron chi connectivity index (χ1n) is 20.0. The third kappa shape index (κ3) is 23.8. The standard InChI is InChI=1S/C40H80N2/c1-4-7-10-12-14-16-18-19-20-21-22-23-24-26-28-30-32-35-40-41(36-33-9-6-3)38-39-42(40)37-34-31-29-27-25-17-15-13-11-8-5-2/h38-40H,4-37H2,1-3H3. The van der Waals surface area contributed by atoms with Crippen LogP contribution in [0.25, 0.3) is 0 Å². The molecule has 1 rings (SSSR count). The Labute approximate surface area is 267 Å². The molecule has 0 amide bonds. The van der Waals surface area contributed by atoms with Gasteiger partial charge in [-0.15, -0.1) is 0 Å². The van der Waals surface area contributed by atoms with E-state index in [1.807, 2.05) is 0 Å². The van der Waals surface area contributed by atoms with E-state index in [1.165, 1.54) is 219 Å². The topological polar surface area (TPSA) is 6.48 Å². The zero-order chi connectivity index (χ0) is 30.2. The molecule has 0 spiro atoms. The Hall–Kier alpha value is -0.660. The van der Waals surface area contributed by atoms with Gasteiger partial charge in [0.2, 0.25) is 0 Å². The van der Waals surface area contributed by atoms with Crippen LogP contribution in [0.15, 0.2) is 12.4 Å². The molecule has 0 aromatic carbocycles. The van der Waals surface area contributed by atoms with Crippen LogP contribution in [-0.4, -0.2) is 29.1 Å². The zero-order valence-electron chi connectivity index (χ0n) is 29.7. The van der Waals surface area contributed by atoms with E-state index < -0.39 is 0 Å². The predicted octanol–water partition coefficient (Wildman–Crippen LogP) is 13.9. The van der Waals surface area contributed by atoms with Crippen molar-refractivity contribution in [2.24, 2.45) is 0 Å². The summed E-state index contributed by atoms with van der Waals surface area (Å²) in [4.78, 5) is 5.38. The molecule has 0 aromatic heterocycles. The Balaban J connectivity index is 2.05. The maximum Gasteiger partial charge on any atom is 0.101 e. The summed E-state index contributed by atoms with van der Waals surface area (Å²) in [5.41, 5.74) is 0. The molecule has 1 atom stereocenters. The molecule has 250 valence electrons. The first-order valence-corrected chi connectivity index (χ1v) is 20.0. The molecule has 0 saturated carbocycles. The number of rotatable bonds is 34. The minimum absolute atomic E-state index is 0.640. The quantitative estimate of drug-likeness (QED) is 0.0690. The van der Waals surface area contributed by atoms with Gasteiger partial charge in [-0.25, -0.2) is 0 Å². The second-order valence-corrected chi connectivity index (χ2v) is 13.9. The van der Waals surface area contributed by atoms with Gasteiger partial charge in [0.1, 0.15) is 6.17 Å².